The van der Waals surface area contributed by atoms with Crippen LogP contribution in [0.5, 0.6) is 11.5 Å². The number of pyridine rings is 1. The van der Waals surface area contributed by atoms with E-state index in [2.05, 4.69) is 10.3 Å². The third-order valence-corrected chi connectivity index (χ3v) is 5.77. The summed E-state index contributed by atoms with van der Waals surface area (Å²) < 4.78 is 10.9. The average Bonchev–Trinajstić information content (AvgIpc) is 3.28. The highest BCUT2D eigenvalue weighted by Crippen LogP contribution is 2.44. The molecule has 3 heterocycles. The van der Waals surface area contributed by atoms with Crippen molar-refractivity contribution in [3.05, 3.63) is 89.2 Å². The highest BCUT2D eigenvalue weighted by Gasteiger charge is 2.42. The zero-order valence-corrected chi connectivity index (χ0v) is 16.9. The SMILES string of the molecule is CN1C(=O)c2ccccc2C(C(=O)NCc2ccccn2)C1c1ccc2c(c1)OCO2. The van der Waals surface area contributed by atoms with Gasteiger partial charge in [0.1, 0.15) is 0 Å². The van der Waals surface area contributed by atoms with E-state index in [0.717, 1.165) is 11.3 Å². The predicted molar refractivity (Wildman–Crippen MR) is 113 cm³/mol. The van der Waals surface area contributed by atoms with Crippen LogP contribution in [0.1, 0.15) is 39.1 Å². The maximum Gasteiger partial charge on any atom is 0.254 e. The molecule has 0 saturated carbocycles. The van der Waals surface area contributed by atoms with Gasteiger partial charge in [-0.3, -0.25) is 14.6 Å². The molecule has 7 heteroatoms. The van der Waals surface area contributed by atoms with E-state index in [0.29, 0.717) is 29.2 Å². The molecule has 156 valence electrons. The van der Waals surface area contributed by atoms with Crippen molar-refractivity contribution in [1.29, 1.82) is 0 Å². The molecule has 2 atom stereocenters. The third-order valence-electron chi connectivity index (χ3n) is 5.77. The lowest BCUT2D eigenvalue weighted by Gasteiger charge is -2.39. The second kappa shape index (κ2) is 7.75. The van der Waals surface area contributed by atoms with E-state index in [-0.39, 0.29) is 18.6 Å². The molecule has 0 radical (unpaired) electrons. The standard InChI is InChI=1S/C24H21N3O4/c1-27-22(15-9-10-19-20(12-15)31-14-30-19)21(17-7-2-3-8-18(17)24(27)29)23(28)26-13-16-6-4-5-11-25-16/h2-12,21-22H,13-14H2,1H3,(H,26,28). The second-order valence-electron chi connectivity index (χ2n) is 7.58. The maximum absolute atomic E-state index is 13.5. The molecule has 2 aliphatic rings. The Labute approximate surface area is 179 Å². The van der Waals surface area contributed by atoms with Crippen LogP contribution in [0, 0.1) is 0 Å². The zero-order chi connectivity index (χ0) is 21.4. The van der Waals surface area contributed by atoms with Gasteiger partial charge in [-0.25, -0.2) is 0 Å². The molecular formula is C24H21N3O4. The van der Waals surface area contributed by atoms with E-state index < -0.39 is 12.0 Å². The van der Waals surface area contributed by atoms with E-state index in [4.69, 9.17) is 9.47 Å². The van der Waals surface area contributed by atoms with E-state index >= 15 is 0 Å². The minimum Gasteiger partial charge on any atom is -0.454 e. The van der Waals surface area contributed by atoms with Crippen LogP contribution < -0.4 is 14.8 Å². The quantitative estimate of drug-likeness (QED) is 0.709. The molecule has 0 spiro atoms. The van der Waals surface area contributed by atoms with Gasteiger partial charge in [0.05, 0.1) is 24.2 Å². The van der Waals surface area contributed by atoms with Crippen LogP contribution in [-0.4, -0.2) is 35.5 Å². The van der Waals surface area contributed by atoms with Crippen molar-refractivity contribution in [2.45, 2.75) is 18.5 Å². The number of nitrogens with zero attached hydrogens (tertiary/aromatic N) is 2. The first kappa shape index (κ1) is 19.1. The molecule has 1 aromatic heterocycles. The fourth-order valence-corrected chi connectivity index (χ4v) is 4.26. The van der Waals surface area contributed by atoms with Crippen LogP contribution in [0.4, 0.5) is 0 Å². The van der Waals surface area contributed by atoms with Crippen molar-refractivity contribution in [2.24, 2.45) is 0 Å². The molecule has 1 N–H and O–H groups in total. The van der Waals surface area contributed by atoms with Gasteiger partial charge in [-0.2, -0.15) is 0 Å². The fraction of sp³-hybridized carbons (Fsp3) is 0.208. The van der Waals surface area contributed by atoms with Crippen LogP contribution in [0.25, 0.3) is 0 Å². The molecule has 2 amide bonds. The van der Waals surface area contributed by atoms with Gasteiger partial charge in [0.2, 0.25) is 12.7 Å². The maximum atomic E-state index is 13.5. The Morgan fingerprint density at radius 2 is 1.90 bits per heavy atom. The van der Waals surface area contributed by atoms with Crippen LogP contribution in [0.3, 0.4) is 0 Å². The van der Waals surface area contributed by atoms with E-state index in [1.807, 2.05) is 54.6 Å². The summed E-state index contributed by atoms with van der Waals surface area (Å²) in [6.45, 7) is 0.471. The molecule has 3 aromatic rings. The largest absolute Gasteiger partial charge is 0.454 e. The molecule has 0 saturated heterocycles. The summed E-state index contributed by atoms with van der Waals surface area (Å²) in [7, 11) is 1.73. The average molecular weight is 415 g/mol. The summed E-state index contributed by atoms with van der Waals surface area (Å²) in [5, 5.41) is 3.00. The van der Waals surface area contributed by atoms with Crippen LogP contribution in [0.15, 0.2) is 66.9 Å². The number of carbonyl (C=O) groups is 2. The summed E-state index contributed by atoms with van der Waals surface area (Å²) in [5.74, 6) is 0.407. The number of ether oxygens (including phenoxy) is 2. The van der Waals surface area contributed by atoms with Gasteiger partial charge in [-0.1, -0.05) is 30.3 Å². The molecule has 2 aromatic carbocycles. The molecule has 0 aliphatic carbocycles. The van der Waals surface area contributed by atoms with Gasteiger partial charge in [0.25, 0.3) is 5.91 Å². The molecule has 5 rings (SSSR count). The number of amides is 2. The first-order chi connectivity index (χ1) is 15.1. The molecule has 7 nitrogen and oxygen atoms in total. The summed E-state index contributed by atoms with van der Waals surface area (Å²) in [4.78, 5) is 32.5. The van der Waals surface area contributed by atoms with Crippen LogP contribution in [-0.2, 0) is 11.3 Å². The van der Waals surface area contributed by atoms with Gasteiger partial charge < -0.3 is 19.7 Å². The van der Waals surface area contributed by atoms with Crippen molar-refractivity contribution < 1.29 is 19.1 Å². The van der Waals surface area contributed by atoms with Crippen molar-refractivity contribution in [3.8, 4) is 11.5 Å². The molecule has 2 aliphatic heterocycles. The Balaban J connectivity index is 1.54. The fourth-order valence-electron chi connectivity index (χ4n) is 4.26. The number of rotatable bonds is 4. The molecule has 31 heavy (non-hydrogen) atoms. The van der Waals surface area contributed by atoms with Gasteiger partial charge in [0, 0.05) is 18.8 Å². The smallest absolute Gasteiger partial charge is 0.254 e. The Morgan fingerprint density at radius 1 is 1.10 bits per heavy atom. The number of aromatic nitrogens is 1. The monoisotopic (exact) mass is 415 g/mol. The third kappa shape index (κ3) is 3.38. The Kier molecular flexibility index (Phi) is 4.78. The Morgan fingerprint density at radius 3 is 2.74 bits per heavy atom. The Hall–Kier alpha value is -3.87. The number of nitrogens with one attached hydrogen (secondary N) is 1. The van der Waals surface area contributed by atoms with Crippen molar-refractivity contribution >= 4 is 11.8 Å². The number of hydrogen-bond acceptors (Lipinski definition) is 5. The summed E-state index contributed by atoms with van der Waals surface area (Å²) in [5.41, 5.74) is 2.84. The summed E-state index contributed by atoms with van der Waals surface area (Å²) in [6, 6.07) is 17.9. The zero-order valence-electron chi connectivity index (χ0n) is 16.9. The predicted octanol–water partition coefficient (Wildman–Crippen LogP) is 3.04. The number of hydrogen-bond donors (Lipinski definition) is 1. The second-order valence-corrected chi connectivity index (χ2v) is 7.58. The minimum absolute atomic E-state index is 0.118. The van der Waals surface area contributed by atoms with Gasteiger partial charge in [0.15, 0.2) is 11.5 Å². The lowest BCUT2D eigenvalue weighted by atomic mass is 9.79. The van der Waals surface area contributed by atoms with Crippen LogP contribution in [0.2, 0.25) is 0 Å². The molecule has 2 unspecified atom stereocenters. The number of carbonyl (C=O) groups excluding carboxylic acids is 2. The number of likely N-dealkylation sites (N-methyl/N-ethyl adjacent to an activating group) is 1. The van der Waals surface area contributed by atoms with E-state index in [9.17, 15) is 9.59 Å². The molecule has 0 bridgehead atoms. The normalized spacial score (nSPS) is 19.1. The molecular weight excluding hydrogens is 394 g/mol. The number of benzene rings is 2. The van der Waals surface area contributed by atoms with Gasteiger partial charge in [-0.15, -0.1) is 0 Å². The molecule has 0 fully saturated rings. The summed E-state index contributed by atoms with van der Waals surface area (Å²) in [6.07, 6.45) is 1.69. The van der Waals surface area contributed by atoms with E-state index in [1.54, 1.807) is 24.2 Å². The Bertz CT molecular complexity index is 1150. The highest BCUT2D eigenvalue weighted by molar-refractivity contribution is 6.01. The number of fused-ring (bicyclic) bond motifs is 2. The van der Waals surface area contributed by atoms with Crippen molar-refractivity contribution in [1.82, 2.24) is 15.2 Å². The minimum atomic E-state index is -0.581. The first-order valence-electron chi connectivity index (χ1n) is 10.1. The summed E-state index contributed by atoms with van der Waals surface area (Å²) >= 11 is 0. The van der Waals surface area contributed by atoms with Crippen molar-refractivity contribution in [2.75, 3.05) is 13.8 Å². The van der Waals surface area contributed by atoms with Crippen LogP contribution >= 0.6 is 0 Å². The van der Waals surface area contributed by atoms with Gasteiger partial charge >= 0.3 is 0 Å². The lowest BCUT2D eigenvalue weighted by molar-refractivity contribution is -0.124. The highest BCUT2D eigenvalue weighted by atomic mass is 16.7. The lowest BCUT2D eigenvalue weighted by Crippen LogP contribution is -2.45. The topological polar surface area (TPSA) is 80.8 Å². The van der Waals surface area contributed by atoms with Gasteiger partial charge in [-0.05, 0) is 41.5 Å². The first-order valence-corrected chi connectivity index (χ1v) is 10.1. The van der Waals surface area contributed by atoms with Crippen molar-refractivity contribution in [3.63, 3.8) is 0 Å². The van der Waals surface area contributed by atoms with E-state index in [1.165, 1.54) is 0 Å².